The number of halogens is 1. The van der Waals surface area contributed by atoms with E-state index in [9.17, 15) is 17.6 Å². The van der Waals surface area contributed by atoms with Crippen LogP contribution in [0.1, 0.15) is 29.6 Å². The minimum absolute atomic E-state index is 0.0154. The molecule has 3 N–H and O–H groups in total. The zero-order valence-corrected chi connectivity index (χ0v) is 20.3. The maximum Gasteiger partial charge on any atom is 0.259 e. The highest BCUT2D eigenvalue weighted by atomic mass is 32.2. The minimum Gasteiger partial charge on any atom is -0.384 e. The van der Waals surface area contributed by atoms with Gasteiger partial charge in [-0.25, -0.2) is 22.3 Å². The third kappa shape index (κ3) is 5.16. The number of nitrogens with one attached hydrogen (secondary N) is 1. The van der Waals surface area contributed by atoms with Crippen molar-refractivity contribution in [1.29, 1.82) is 0 Å². The highest BCUT2D eigenvalue weighted by Crippen LogP contribution is 2.25. The maximum absolute atomic E-state index is 13.5. The van der Waals surface area contributed by atoms with Gasteiger partial charge in [0, 0.05) is 19.7 Å². The molecule has 2 aliphatic heterocycles. The van der Waals surface area contributed by atoms with Crippen LogP contribution < -0.4 is 11.1 Å². The van der Waals surface area contributed by atoms with Crippen molar-refractivity contribution in [3.05, 3.63) is 23.8 Å². The Bertz CT molecular complexity index is 1130. The second-order valence-electron chi connectivity index (χ2n) is 9.09. The van der Waals surface area contributed by atoms with E-state index in [1.54, 1.807) is 0 Å². The molecule has 1 amide bonds. The lowest BCUT2D eigenvalue weighted by molar-refractivity contribution is 0.0633. The fourth-order valence-corrected chi connectivity index (χ4v) is 6.66. The summed E-state index contributed by atoms with van der Waals surface area (Å²) >= 11 is 0. The first-order valence-electron chi connectivity index (χ1n) is 11.4. The van der Waals surface area contributed by atoms with Crippen molar-refractivity contribution < 1.29 is 22.3 Å². The summed E-state index contributed by atoms with van der Waals surface area (Å²) in [5.74, 6) is -0.962. The Labute approximate surface area is 198 Å². The predicted molar refractivity (Wildman–Crippen MR) is 125 cm³/mol. The first-order valence-corrected chi connectivity index (χ1v) is 13.1. The first-order chi connectivity index (χ1) is 16.2. The molecule has 4 heterocycles. The number of nitrogens with zero attached hydrogens (tertiary/aromatic N) is 5. The second kappa shape index (κ2) is 10.1. The van der Waals surface area contributed by atoms with E-state index >= 15 is 0 Å². The molecule has 13 heteroatoms. The van der Waals surface area contributed by atoms with E-state index in [4.69, 9.17) is 10.5 Å². The van der Waals surface area contributed by atoms with E-state index in [2.05, 4.69) is 25.2 Å². The molecule has 0 radical (unpaired) electrons. The lowest BCUT2D eigenvalue weighted by Crippen LogP contribution is -2.61. The average Bonchev–Trinajstić information content (AvgIpc) is 3.12. The summed E-state index contributed by atoms with van der Waals surface area (Å²) in [6.45, 7) is 3.03. The van der Waals surface area contributed by atoms with Crippen molar-refractivity contribution in [2.24, 2.45) is 0 Å². The number of methoxy groups -OCH3 is 1. The topological polar surface area (TPSA) is 135 Å². The average molecular weight is 498 g/mol. The van der Waals surface area contributed by atoms with Crippen LogP contribution in [0, 0.1) is 5.82 Å². The Morgan fingerprint density at radius 3 is 2.74 bits per heavy atom. The molecule has 0 saturated carbocycles. The summed E-state index contributed by atoms with van der Waals surface area (Å²) in [4.78, 5) is 21.6. The molecule has 4 rings (SSSR count). The van der Waals surface area contributed by atoms with Gasteiger partial charge in [0.2, 0.25) is 0 Å². The summed E-state index contributed by atoms with van der Waals surface area (Å²) in [7, 11) is 0.314. The predicted octanol–water partition coefficient (Wildman–Crippen LogP) is -0.221. The Morgan fingerprint density at radius 1 is 1.29 bits per heavy atom. The number of anilines is 1. The van der Waals surface area contributed by atoms with Gasteiger partial charge in [-0.05, 0) is 45.9 Å². The number of sulfone groups is 1. The van der Waals surface area contributed by atoms with Gasteiger partial charge >= 0.3 is 0 Å². The molecule has 2 atom stereocenters. The van der Waals surface area contributed by atoms with Gasteiger partial charge in [0.05, 0.1) is 36.0 Å². The molecular formula is C21H32FN7O4S. The van der Waals surface area contributed by atoms with Gasteiger partial charge < -0.3 is 20.7 Å². The highest BCUT2D eigenvalue weighted by Gasteiger charge is 2.38. The van der Waals surface area contributed by atoms with E-state index < -0.39 is 21.6 Å². The van der Waals surface area contributed by atoms with Gasteiger partial charge in [0.1, 0.15) is 5.56 Å². The molecule has 2 aromatic rings. The second-order valence-corrected chi connectivity index (χ2v) is 11.5. The molecule has 11 nitrogen and oxygen atoms in total. The van der Waals surface area contributed by atoms with Crippen LogP contribution in [-0.4, -0.2) is 109 Å². The quantitative estimate of drug-likeness (QED) is 0.532. The summed E-state index contributed by atoms with van der Waals surface area (Å²) in [5.41, 5.74) is 6.28. The van der Waals surface area contributed by atoms with E-state index in [1.807, 2.05) is 7.05 Å². The number of amides is 1. The van der Waals surface area contributed by atoms with Crippen LogP contribution in [0.3, 0.4) is 0 Å². The number of ether oxygens (including phenoxy) is 1. The monoisotopic (exact) mass is 497 g/mol. The van der Waals surface area contributed by atoms with Crippen LogP contribution in [0.25, 0.3) is 5.65 Å². The van der Waals surface area contributed by atoms with Crippen LogP contribution in [0.4, 0.5) is 10.2 Å². The fourth-order valence-electron chi connectivity index (χ4n) is 5.00. The van der Waals surface area contributed by atoms with Gasteiger partial charge in [0.15, 0.2) is 27.1 Å². The maximum atomic E-state index is 13.5. The third-order valence-corrected chi connectivity index (χ3v) is 9.04. The standard InChI is InChI=1S/C21H32FN7O4S/c1-27-6-5-17(28-7-3-15(4-8-28)34(31,32)10-9-33-2)16(13-27)25-21(30)18-19(23)26-29-12-14(22)11-24-20(18)29/h11-12,15-17H,3-10,13H2,1-2H3,(H2,23,26)(H,25,30). The van der Waals surface area contributed by atoms with E-state index in [0.717, 1.165) is 25.4 Å². The number of hydrogen-bond acceptors (Lipinski definition) is 9. The van der Waals surface area contributed by atoms with Crippen LogP contribution >= 0.6 is 0 Å². The molecule has 2 aromatic heterocycles. The summed E-state index contributed by atoms with van der Waals surface area (Å²) in [6, 6.07) is -0.126. The number of hydrogen-bond donors (Lipinski definition) is 2. The molecule has 0 aromatic carbocycles. The van der Waals surface area contributed by atoms with Crippen LogP contribution in [0.5, 0.6) is 0 Å². The Kier molecular flexibility index (Phi) is 7.36. The van der Waals surface area contributed by atoms with E-state index in [0.29, 0.717) is 32.5 Å². The number of likely N-dealkylation sites (tertiary alicyclic amines) is 2. The molecular weight excluding hydrogens is 465 g/mol. The zero-order valence-electron chi connectivity index (χ0n) is 19.5. The lowest BCUT2D eigenvalue weighted by atomic mass is 9.95. The van der Waals surface area contributed by atoms with Crippen LogP contribution in [-0.2, 0) is 14.6 Å². The van der Waals surface area contributed by atoms with Crippen molar-refractivity contribution in [3.8, 4) is 0 Å². The van der Waals surface area contributed by atoms with Crippen LogP contribution in [0.2, 0.25) is 0 Å². The number of nitrogen functional groups attached to an aromatic ring is 1. The SMILES string of the molecule is COCCS(=O)(=O)C1CCN(C2CCN(C)CC2NC(=O)c2c(N)nn3cc(F)cnc23)CC1. The number of fused-ring (bicyclic) bond motifs is 1. The number of rotatable bonds is 7. The molecule has 0 bridgehead atoms. The van der Waals surface area contributed by atoms with Gasteiger partial charge in [-0.15, -0.1) is 5.10 Å². The number of carbonyl (C=O) groups is 1. The number of nitrogens with two attached hydrogens (primary N) is 1. The highest BCUT2D eigenvalue weighted by molar-refractivity contribution is 7.92. The van der Waals surface area contributed by atoms with Crippen molar-refractivity contribution in [2.45, 2.75) is 36.6 Å². The molecule has 0 aliphatic carbocycles. The fraction of sp³-hybridized carbons (Fsp3) is 0.667. The van der Waals surface area contributed by atoms with Gasteiger partial charge in [0.25, 0.3) is 5.91 Å². The van der Waals surface area contributed by atoms with Crippen molar-refractivity contribution in [1.82, 2.24) is 29.7 Å². The number of carbonyl (C=O) groups excluding carboxylic acids is 1. The molecule has 2 saturated heterocycles. The Balaban J connectivity index is 1.46. The molecule has 2 aliphatic rings. The van der Waals surface area contributed by atoms with Gasteiger partial charge in [-0.3, -0.25) is 9.69 Å². The third-order valence-electron chi connectivity index (χ3n) is 6.82. The molecule has 34 heavy (non-hydrogen) atoms. The van der Waals surface area contributed by atoms with Crippen molar-refractivity contribution in [2.75, 3.05) is 58.4 Å². The normalized spacial score (nSPS) is 23.4. The lowest BCUT2D eigenvalue weighted by Gasteiger charge is -2.45. The number of likely N-dealkylation sites (N-methyl/N-ethyl adjacent to an activating group) is 1. The van der Waals surface area contributed by atoms with Gasteiger partial charge in [-0.1, -0.05) is 0 Å². The van der Waals surface area contributed by atoms with Crippen LogP contribution in [0.15, 0.2) is 12.4 Å². The van der Waals surface area contributed by atoms with Crippen molar-refractivity contribution >= 4 is 27.2 Å². The molecule has 188 valence electrons. The smallest absolute Gasteiger partial charge is 0.259 e. The number of aromatic nitrogens is 3. The van der Waals surface area contributed by atoms with E-state index in [-0.39, 0.29) is 46.7 Å². The van der Waals surface area contributed by atoms with E-state index in [1.165, 1.54) is 11.6 Å². The minimum atomic E-state index is -3.19. The Morgan fingerprint density at radius 2 is 2.03 bits per heavy atom. The zero-order chi connectivity index (χ0) is 24.5. The summed E-state index contributed by atoms with van der Waals surface area (Å²) < 4.78 is 44.7. The van der Waals surface area contributed by atoms with Crippen molar-refractivity contribution in [3.63, 3.8) is 0 Å². The molecule has 0 spiro atoms. The largest absolute Gasteiger partial charge is 0.384 e. The first kappa shape index (κ1) is 24.8. The molecule has 2 fully saturated rings. The number of piperidine rings is 2. The molecule has 2 unspecified atom stereocenters. The Hall–Kier alpha value is -2.35. The summed E-state index contributed by atoms with van der Waals surface area (Å²) in [5, 5.41) is 6.74. The summed E-state index contributed by atoms with van der Waals surface area (Å²) in [6.07, 6.45) is 4.12. The van der Waals surface area contributed by atoms with Gasteiger partial charge in [-0.2, -0.15) is 0 Å².